The van der Waals surface area contributed by atoms with Gasteiger partial charge in [-0.1, -0.05) is 23.4 Å². The number of nitrogens with one attached hydrogen (secondary N) is 1. The van der Waals surface area contributed by atoms with Gasteiger partial charge in [-0.25, -0.2) is 0 Å². The summed E-state index contributed by atoms with van der Waals surface area (Å²) in [5, 5.41) is 26.7. The Kier molecular flexibility index (Phi) is 6.03. The summed E-state index contributed by atoms with van der Waals surface area (Å²) < 4.78 is 11.2. The Balaban J connectivity index is 1.61. The second-order valence-corrected chi connectivity index (χ2v) is 8.13. The van der Waals surface area contributed by atoms with Gasteiger partial charge in [-0.15, -0.1) is 0 Å². The van der Waals surface area contributed by atoms with Crippen LogP contribution in [0.5, 0.6) is 5.75 Å². The molecule has 0 aliphatic heterocycles. The molecule has 7 nitrogen and oxygen atoms in total. The van der Waals surface area contributed by atoms with Crippen LogP contribution in [0.1, 0.15) is 49.9 Å². The number of ether oxygens (including phenoxy) is 1. The van der Waals surface area contributed by atoms with Crippen molar-refractivity contribution < 1.29 is 14.4 Å². The van der Waals surface area contributed by atoms with Gasteiger partial charge in [0, 0.05) is 23.7 Å². The van der Waals surface area contributed by atoms with Crippen LogP contribution in [-0.2, 0) is 6.42 Å². The van der Waals surface area contributed by atoms with Crippen LogP contribution in [0.3, 0.4) is 0 Å². The van der Waals surface area contributed by atoms with Crippen molar-refractivity contribution in [3.8, 4) is 34.7 Å². The Hall–Kier alpha value is -3.21. The number of aliphatic hydroxyl groups excluding tert-OH is 1. The zero-order chi connectivity index (χ0) is 22.0. The molecule has 2 atom stereocenters. The molecule has 0 spiro atoms. The van der Waals surface area contributed by atoms with Gasteiger partial charge < -0.3 is 19.7 Å². The Morgan fingerprint density at radius 2 is 2.13 bits per heavy atom. The van der Waals surface area contributed by atoms with Crippen LogP contribution in [0.4, 0.5) is 0 Å². The van der Waals surface area contributed by atoms with Gasteiger partial charge in [-0.3, -0.25) is 0 Å². The minimum Gasteiger partial charge on any atom is -0.490 e. The van der Waals surface area contributed by atoms with Crippen molar-refractivity contribution in [2.75, 3.05) is 6.54 Å². The first-order chi connectivity index (χ1) is 15.0. The number of benzene rings is 2. The molecule has 160 valence electrons. The third kappa shape index (κ3) is 4.46. The highest BCUT2D eigenvalue weighted by Gasteiger charge is 2.26. The lowest BCUT2D eigenvalue weighted by molar-refractivity contribution is 0.186. The van der Waals surface area contributed by atoms with Crippen LogP contribution in [0.25, 0.3) is 22.8 Å². The summed E-state index contributed by atoms with van der Waals surface area (Å²) in [6, 6.07) is 13.8. The monoisotopic (exact) mass is 418 g/mol. The highest BCUT2D eigenvalue weighted by molar-refractivity contribution is 5.67. The van der Waals surface area contributed by atoms with Crippen molar-refractivity contribution in [3.05, 3.63) is 53.1 Å². The minimum atomic E-state index is -0.386. The quantitative estimate of drug-likeness (QED) is 0.597. The molecule has 1 aliphatic carbocycles. The fraction of sp³-hybridized carbons (Fsp3) is 0.375. The number of nitrogens with zero attached hydrogens (tertiary/aromatic N) is 3. The molecular weight excluding hydrogens is 392 g/mol. The molecule has 0 fully saturated rings. The topological polar surface area (TPSA) is 104 Å². The van der Waals surface area contributed by atoms with E-state index in [0.29, 0.717) is 35.1 Å². The Labute approximate surface area is 181 Å². The van der Waals surface area contributed by atoms with Gasteiger partial charge in [0.15, 0.2) is 0 Å². The van der Waals surface area contributed by atoms with Gasteiger partial charge in [0.05, 0.1) is 17.8 Å². The molecule has 0 amide bonds. The van der Waals surface area contributed by atoms with Crippen molar-refractivity contribution >= 4 is 0 Å². The summed E-state index contributed by atoms with van der Waals surface area (Å²) in [6.07, 6.45) is 1.47. The Morgan fingerprint density at radius 1 is 1.29 bits per heavy atom. The lowest BCUT2D eigenvalue weighted by atomic mass is 10.0. The van der Waals surface area contributed by atoms with Gasteiger partial charge in [0.1, 0.15) is 11.8 Å². The lowest BCUT2D eigenvalue weighted by Crippen LogP contribution is -2.27. The fourth-order valence-electron chi connectivity index (χ4n) is 3.95. The van der Waals surface area contributed by atoms with Gasteiger partial charge in [-0.05, 0) is 62.9 Å². The molecule has 0 saturated heterocycles. The van der Waals surface area contributed by atoms with Crippen LogP contribution in [0.2, 0.25) is 0 Å². The summed E-state index contributed by atoms with van der Waals surface area (Å²) >= 11 is 0. The van der Waals surface area contributed by atoms with Crippen molar-refractivity contribution in [2.24, 2.45) is 0 Å². The molecular formula is C24H26N4O3. The van der Waals surface area contributed by atoms with E-state index in [1.54, 1.807) is 19.1 Å². The molecule has 31 heavy (non-hydrogen) atoms. The normalized spacial score (nSPS) is 16.2. The number of aliphatic hydroxyl groups is 1. The number of aromatic nitrogens is 2. The van der Waals surface area contributed by atoms with Crippen LogP contribution in [-0.4, -0.2) is 34.0 Å². The Morgan fingerprint density at radius 3 is 2.87 bits per heavy atom. The summed E-state index contributed by atoms with van der Waals surface area (Å²) in [6.45, 7) is 6.17. The van der Waals surface area contributed by atoms with E-state index in [1.807, 2.05) is 32.0 Å². The van der Waals surface area contributed by atoms with Crippen molar-refractivity contribution in [1.29, 1.82) is 5.26 Å². The third-order valence-electron chi connectivity index (χ3n) is 5.31. The average molecular weight is 418 g/mol. The van der Waals surface area contributed by atoms with Gasteiger partial charge in [-0.2, -0.15) is 10.2 Å². The smallest absolute Gasteiger partial charge is 0.258 e. The first-order valence-corrected chi connectivity index (χ1v) is 10.5. The number of hydrogen-bond acceptors (Lipinski definition) is 7. The molecule has 0 saturated carbocycles. The Bertz CT molecular complexity index is 1110. The highest BCUT2D eigenvalue weighted by atomic mass is 16.5. The maximum atomic E-state index is 9.58. The average Bonchev–Trinajstić information content (AvgIpc) is 3.39. The van der Waals surface area contributed by atoms with Gasteiger partial charge in [0.2, 0.25) is 5.82 Å². The van der Waals surface area contributed by atoms with Crippen molar-refractivity contribution in [1.82, 2.24) is 15.5 Å². The summed E-state index contributed by atoms with van der Waals surface area (Å²) in [7, 11) is 0. The van der Waals surface area contributed by atoms with Crippen LogP contribution < -0.4 is 10.1 Å². The largest absolute Gasteiger partial charge is 0.490 e. The first kappa shape index (κ1) is 21.0. The highest BCUT2D eigenvalue weighted by Crippen LogP contribution is 2.37. The van der Waals surface area contributed by atoms with Crippen LogP contribution in [0.15, 0.2) is 40.9 Å². The fourth-order valence-corrected chi connectivity index (χ4v) is 3.95. The van der Waals surface area contributed by atoms with Crippen molar-refractivity contribution in [3.63, 3.8) is 0 Å². The summed E-state index contributed by atoms with van der Waals surface area (Å²) in [5.41, 5.74) is 4.48. The number of hydrogen-bond donors (Lipinski definition) is 2. The molecule has 2 unspecified atom stereocenters. The predicted octanol–water partition coefficient (Wildman–Crippen LogP) is 4.02. The molecule has 1 aliphatic rings. The molecule has 2 aromatic carbocycles. The molecule has 4 rings (SSSR count). The number of nitriles is 1. The maximum Gasteiger partial charge on any atom is 0.258 e. The first-order valence-electron chi connectivity index (χ1n) is 10.5. The van der Waals surface area contributed by atoms with E-state index in [2.05, 4.69) is 27.6 Å². The number of rotatable bonds is 7. The molecule has 7 heteroatoms. The molecule has 2 N–H and O–H groups in total. The van der Waals surface area contributed by atoms with E-state index < -0.39 is 0 Å². The van der Waals surface area contributed by atoms with E-state index >= 15 is 0 Å². The van der Waals surface area contributed by atoms with E-state index in [4.69, 9.17) is 9.26 Å². The van der Waals surface area contributed by atoms with Gasteiger partial charge in [0.25, 0.3) is 5.89 Å². The maximum absolute atomic E-state index is 9.58. The standard InChI is InChI=1S/C24H26N4O3/c1-14(2)30-22-10-7-16(11-17(22)12-25)24-27-23(28-31-24)20-6-4-5-19-18(20)8-9-21(19)26-13-15(3)29/h4-7,10-11,14-15,21,26,29H,8-9,13H2,1-3H3. The zero-order valence-electron chi connectivity index (χ0n) is 17.9. The van der Waals surface area contributed by atoms with Crippen LogP contribution in [0, 0.1) is 11.3 Å². The van der Waals surface area contributed by atoms with Gasteiger partial charge >= 0.3 is 0 Å². The lowest BCUT2D eigenvalue weighted by Gasteiger charge is -2.15. The minimum absolute atomic E-state index is 0.0213. The van der Waals surface area contributed by atoms with Crippen LogP contribution >= 0.6 is 0 Å². The molecule has 0 bridgehead atoms. The number of fused-ring (bicyclic) bond motifs is 1. The molecule has 1 aromatic heterocycles. The van der Waals surface area contributed by atoms with E-state index in [0.717, 1.165) is 18.4 Å². The van der Waals surface area contributed by atoms with Crippen molar-refractivity contribution in [2.45, 2.75) is 51.9 Å². The van der Waals surface area contributed by atoms with E-state index in [-0.39, 0.29) is 18.2 Å². The van der Waals surface area contributed by atoms with E-state index in [9.17, 15) is 10.4 Å². The van der Waals surface area contributed by atoms with E-state index in [1.165, 1.54) is 11.1 Å². The molecule has 0 radical (unpaired) electrons. The molecule has 3 aromatic rings. The third-order valence-corrected chi connectivity index (χ3v) is 5.31. The molecule has 1 heterocycles. The summed E-state index contributed by atoms with van der Waals surface area (Å²) in [4.78, 5) is 4.61. The zero-order valence-corrected chi connectivity index (χ0v) is 17.9. The predicted molar refractivity (Wildman–Crippen MR) is 116 cm³/mol. The second-order valence-electron chi connectivity index (χ2n) is 8.13. The second kappa shape index (κ2) is 8.88. The summed E-state index contributed by atoms with van der Waals surface area (Å²) in [5.74, 6) is 1.43. The SMILES string of the molecule is CC(O)CNC1CCc2c(-c3noc(-c4ccc(OC(C)C)c(C#N)c4)n3)cccc21.